The Morgan fingerprint density at radius 1 is 1.33 bits per heavy atom. The number of hydrogen-bond acceptors (Lipinski definition) is 2. The molecule has 3 heteroatoms. The molecule has 1 aromatic rings. The summed E-state index contributed by atoms with van der Waals surface area (Å²) in [7, 11) is 0. The van der Waals surface area contributed by atoms with Crippen LogP contribution in [0.3, 0.4) is 0 Å². The molecule has 1 heterocycles. The molecule has 1 aliphatic carbocycles. The number of nitrogens with zero attached hydrogens (tertiary/aromatic N) is 1. The highest BCUT2D eigenvalue weighted by Gasteiger charge is 2.44. The lowest BCUT2D eigenvalue weighted by atomic mass is 9.65. The summed E-state index contributed by atoms with van der Waals surface area (Å²) in [5.41, 5.74) is 3.55. The molecule has 0 saturated heterocycles. The van der Waals surface area contributed by atoms with Crippen molar-refractivity contribution in [1.29, 1.82) is 0 Å². The average molecular weight is 243 g/mol. The normalized spacial score (nSPS) is 30.1. The second kappa shape index (κ2) is 3.94. The Bertz CT molecular complexity index is 525. The van der Waals surface area contributed by atoms with E-state index in [9.17, 15) is 4.79 Å². The predicted octanol–water partition coefficient (Wildman–Crippen LogP) is 3.31. The molecule has 18 heavy (non-hydrogen) atoms. The monoisotopic (exact) mass is 243 g/mol. The molecule has 94 valence electrons. The van der Waals surface area contributed by atoms with Crippen molar-refractivity contribution < 1.29 is 9.90 Å². The van der Waals surface area contributed by atoms with Gasteiger partial charge in [-0.05, 0) is 44.2 Å². The molecular weight excluding hydrogens is 226 g/mol. The SMILES string of the molecule is CC1=Nc2ccccc2C12CCC(C(=O)O)CC2. The van der Waals surface area contributed by atoms with Crippen molar-refractivity contribution in [3.05, 3.63) is 29.8 Å². The Kier molecular flexibility index (Phi) is 2.51. The average Bonchev–Trinajstić information content (AvgIpc) is 2.64. The minimum absolute atomic E-state index is 0.0164. The van der Waals surface area contributed by atoms with Gasteiger partial charge >= 0.3 is 5.97 Å². The van der Waals surface area contributed by atoms with E-state index >= 15 is 0 Å². The van der Waals surface area contributed by atoms with Crippen LogP contribution in [0.1, 0.15) is 38.2 Å². The Hall–Kier alpha value is -1.64. The van der Waals surface area contributed by atoms with Crippen molar-refractivity contribution in [2.75, 3.05) is 0 Å². The van der Waals surface area contributed by atoms with Gasteiger partial charge in [0.2, 0.25) is 0 Å². The molecule has 0 bridgehead atoms. The van der Waals surface area contributed by atoms with Crippen LogP contribution in [0, 0.1) is 5.92 Å². The number of aliphatic carboxylic acids is 1. The quantitative estimate of drug-likeness (QED) is 0.822. The first-order chi connectivity index (χ1) is 8.63. The molecule has 1 aliphatic heterocycles. The van der Waals surface area contributed by atoms with Gasteiger partial charge in [0.15, 0.2) is 0 Å². The lowest BCUT2D eigenvalue weighted by Gasteiger charge is -2.37. The highest BCUT2D eigenvalue weighted by atomic mass is 16.4. The fraction of sp³-hybridized carbons (Fsp3) is 0.467. The topological polar surface area (TPSA) is 49.7 Å². The molecule has 3 nitrogen and oxygen atoms in total. The highest BCUT2D eigenvalue weighted by molar-refractivity contribution is 6.00. The zero-order chi connectivity index (χ0) is 12.8. The number of benzene rings is 1. The van der Waals surface area contributed by atoms with E-state index in [1.54, 1.807) is 0 Å². The largest absolute Gasteiger partial charge is 0.481 e. The predicted molar refractivity (Wildman–Crippen MR) is 70.5 cm³/mol. The van der Waals surface area contributed by atoms with Crippen molar-refractivity contribution in [2.24, 2.45) is 10.9 Å². The Morgan fingerprint density at radius 3 is 2.67 bits per heavy atom. The number of carbonyl (C=O) groups is 1. The van der Waals surface area contributed by atoms with Crippen LogP contribution in [-0.4, -0.2) is 16.8 Å². The maximum absolute atomic E-state index is 11.1. The van der Waals surface area contributed by atoms with Crippen molar-refractivity contribution in [2.45, 2.75) is 38.0 Å². The molecule has 1 fully saturated rings. The van der Waals surface area contributed by atoms with Crippen LogP contribution < -0.4 is 0 Å². The molecule has 0 aromatic heterocycles. The van der Waals surface area contributed by atoms with Gasteiger partial charge in [0.25, 0.3) is 0 Å². The van der Waals surface area contributed by atoms with E-state index in [2.05, 4.69) is 30.1 Å². The number of para-hydroxylation sites is 1. The first-order valence-electron chi connectivity index (χ1n) is 6.51. The molecule has 1 N–H and O–H groups in total. The summed E-state index contributed by atoms with van der Waals surface area (Å²) in [6.07, 6.45) is 3.35. The van der Waals surface area contributed by atoms with Gasteiger partial charge in [-0.2, -0.15) is 0 Å². The summed E-state index contributed by atoms with van der Waals surface area (Å²) >= 11 is 0. The van der Waals surface area contributed by atoms with Crippen LogP contribution in [-0.2, 0) is 10.2 Å². The van der Waals surface area contributed by atoms with Crippen molar-refractivity contribution in [3.8, 4) is 0 Å². The van der Waals surface area contributed by atoms with Gasteiger partial charge in [-0.25, -0.2) is 0 Å². The fourth-order valence-corrected chi connectivity index (χ4v) is 3.45. The van der Waals surface area contributed by atoms with Crippen LogP contribution in [0.5, 0.6) is 0 Å². The number of hydrogen-bond donors (Lipinski definition) is 1. The zero-order valence-corrected chi connectivity index (χ0v) is 10.5. The molecule has 0 atom stereocenters. The fourth-order valence-electron chi connectivity index (χ4n) is 3.45. The van der Waals surface area contributed by atoms with E-state index in [0.717, 1.165) is 37.1 Å². The number of rotatable bonds is 1. The van der Waals surface area contributed by atoms with Crippen LogP contribution in [0.2, 0.25) is 0 Å². The third kappa shape index (κ3) is 1.50. The highest BCUT2D eigenvalue weighted by Crippen LogP contribution is 2.49. The third-order valence-electron chi connectivity index (χ3n) is 4.59. The molecule has 2 aliphatic rings. The van der Waals surface area contributed by atoms with Crippen molar-refractivity contribution in [3.63, 3.8) is 0 Å². The summed E-state index contributed by atoms with van der Waals surface area (Å²) in [6.45, 7) is 2.08. The van der Waals surface area contributed by atoms with Gasteiger partial charge in [0, 0.05) is 11.1 Å². The number of fused-ring (bicyclic) bond motifs is 2. The first kappa shape index (κ1) is 11.5. The van der Waals surface area contributed by atoms with Crippen molar-refractivity contribution in [1.82, 2.24) is 0 Å². The van der Waals surface area contributed by atoms with E-state index in [0.29, 0.717) is 0 Å². The second-order valence-electron chi connectivity index (χ2n) is 5.41. The molecule has 1 spiro atoms. The lowest BCUT2D eigenvalue weighted by molar-refractivity contribution is -0.143. The van der Waals surface area contributed by atoms with Crippen LogP contribution in [0.15, 0.2) is 29.3 Å². The van der Waals surface area contributed by atoms with E-state index in [-0.39, 0.29) is 11.3 Å². The van der Waals surface area contributed by atoms with E-state index in [1.807, 2.05) is 6.07 Å². The molecule has 1 aromatic carbocycles. The minimum Gasteiger partial charge on any atom is -0.481 e. The lowest BCUT2D eigenvalue weighted by Crippen LogP contribution is -2.37. The summed E-state index contributed by atoms with van der Waals surface area (Å²) in [5, 5.41) is 9.10. The molecule has 3 rings (SSSR count). The zero-order valence-electron chi connectivity index (χ0n) is 10.5. The summed E-state index contributed by atoms with van der Waals surface area (Å²) in [6, 6.07) is 8.27. The molecular formula is C15H17NO2. The molecule has 0 unspecified atom stereocenters. The van der Waals surface area contributed by atoms with E-state index in [1.165, 1.54) is 5.56 Å². The molecule has 0 amide bonds. The van der Waals surface area contributed by atoms with E-state index < -0.39 is 5.97 Å². The van der Waals surface area contributed by atoms with Crippen LogP contribution in [0.4, 0.5) is 5.69 Å². The van der Waals surface area contributed by atoms with Gasteiger partial charge < -0.3 is 5.11 Å². The number of carboxylic acids is 1. The van der Waals surface area contributed by atoms with Crippen LogP contribution in [0.25, 0.3) is 0 Å². The van der Waals surface area contributed by atoms with Gasteiger partial charge in [0.05, 0.1) is 11.6 Å². The molecule has 0 radical (unpaired) electrons. The maximum Gasteiger partial charge on any atom is 0.306 e. The standard InChI is InChI=1S/C15H17NO2/c1-10-15(8-6-11(7-9-15)14(17)18)12-4-2-3-5-13(12)16-10/h2-5,11H,6-9H2,1H3,(H,17,18). The van der Waals surface area contributed by atoms with Gasteiger partial charge in [-0.3, -0.25) is 9.79 Å². The first-order valence-corrected chi connectivity index (χ1v) is 6.51. The second-order valence-corrected chi connectivity index (χ2v) is 5.41. The Labute approximate surface area is 107 Å². The Morgan fingerprint density at radius 2 is 2.00 bits per heavy atom. The maximum atomic E-state index is 11.1. The summed E-state index contributed by atoms with van der Waals surface area (Å²) in [5.74, 6) is -0.818. The summed E-state index contributed by atoms with van der Waals surface area (Å²) < 4.78 is 0. The Balaban J connectivity index is 1.94. The van der Waals surface area contributed by atoms with Crippen LogP contribution >= 0.6 is 0 Å². The van der Waals surface area contributed by atoms with Gasteiger partial charge in [-0.15, -0.1) is 0 Å². The number of carboxylic acid groups (broad SMARTS) is 1. The third-order valence-corrected chi connectivity index (χ3v) is 4.59. The molecule has 1 saturated carbocycles. The van der Waals surface area contributed by atoms with E-state index in [4.69, 9.17) is 5.11 Å². The van der Waals surface area contributed by atoms with Gasteiger partial charge in [0.1, 0.15) is 0 Å². The smallest absolute Gasteiger partial charge is 0.306 e. The van der Waals surface area contributed by atoms with Gasteiger partial charge in [-0.1, -0.05) is 18.2 Å². The number of aliphatic imine (C=N–C) groups is 1. The van der Waals surface area contributed by atoms with Crippen molar-refractivity contribution >= 4 is 17.4 Å². The minimum atomic E-state index is -0.647. The summed E-state index contributed by atoms with van der Waals surface area (Å²) in [4.78, 5) is 15.7.